The van der Waals surface area contributed by atoms with Crippen molar-refractivity contribution in [3.63, 3.8) is 0 Å². The van der Waals surface area contributed by atoms with Gasteiger partial charge in [-0.1, -0.05) is 11.6 Å². The van der Waals surface area contributed by atoms with Crippen molar-refractivity contribution in [3.8, 4) is 0 Å². The SMILES string of the molecule is CCN1COCN(Cc2cnc(Cl)s2)/C1=N/[N+](=O)[O-]. The molecule has 104 valence electrons. The van der Waals surface area contributed by atoms with Crippen molar-refractivity contribution in [2.75, 3.05) is 20.0 Å². The first-order valence-electron chi connectivity index (χ1n) is 5.51. The number of hydrogen-bond donors (Lipinski definition) is 0. The van der Waals surface area contributed by atoms with Gasteiger partial charge in [-0.2, -0.15) is 0 Å². The topological polar surface area (TPSA) is 84.1 Å². The van der Waals surface area contributed by atoms with Crippen LogP contribution in [0.15, 0.2) is 11.3 Å². The minimum absolute atomic E-state index is 0.249. The summed E-state index contributed by atoms with van der Waals surface area (Å²) in [6.45, 7) is 3.42. The van der Waals surface area contributed by atoms with Gasteiger partial charge >= 0.3 is 0 Å². The number of halogens is 1. The Hall–Kier alpha value is -1.45. The predicted molar refractivity (Wildman–Crippen MR) is 70.3 cm³/mol. The third-order valence-electron chi connectivity index (χ3n) is 2.48. The van der Waals surface area contributed by atoms with Crippen LogP contribution in [-0.2, 0) is 11.3 Å². The highest BCUT2D eigenvalue weighted by Gasteiger charge is 2.27. The summed E-state index contributed by atoms with van der Waals surface area (Å²) in [7, 11) is 0. The Labute approximate surface area is 118 Å². The zero-order valence-electron chi connectivity index (χ0n) is 10.2. The molecule has 1 aromatic heterocycles. The van der Waals surface area contributed by atoms with Crippen LogP contribution in [-0.4, -0.2) is 45.8 Å². The molecule has 1 fully saturated rings. The highest BCUT2D eigenvalue weighted by molar-refractivity contribution is 7.15. The van der Waals surface area contributed by atoms with Crippen LogP contribution >= 0.6 is 22.9 Å². The van der Waals surface area contributed by atoms with E-state index in [1.54, 1.807) is 16.0 Å². The molecule has 0 aromatic carbocycles. The number of nitrogens with zero attached hydrogens (tertiary/aromatic N) is 5. The molecule has 1 aliphatic rings. The smallest absolute Gasteiger partial charge is 0.277 e. The summed E-state index contributed by atoms with van der Waals surface area (Å²) in [6.07, 6.45) is 1.64. The lowest BCUT2D eigenvalue weighted by atomic mass is 10.4. The van der Waals surface area contributed by atoms with Gasteiger partial charge in [-0.05, 0) is 6.92 Å². The minimum Gasteiger partial charge on any atom is -0.341 e. The number of hydrazone groups is 1. The molecule has 0 N–H and O–H groups in total. The maximum absolute atomic E-state index is 10.6. The first kappa shape index (κ1) is 14.0. The Balaban J connectivity index is 2.18. The van der Waals surface area contributed by atoms with Crippen LogP contribution in [0.1, 0.15) is 11.8 Å². The van der Waals surface area contributed by atoms with Crippen LogP contribution in [0.4, 0.5) is 0 Å². The van der Waals surface area contributed by atoms with Gasteiger partial charge in [0.1, 0.15) is 18.6 Å². The summed E-state index contributed by atoms with van der Waals surface area (Å²) in [4.78, 5) is 18.8. The largest absolute Gasteiger partial charge is 0.341 e. The van der Waals surface area contributed by atoms with Gasteiger partial charge in [0.15, 0.2) is 9.50 Å². The number of aromatic nitrogens is 1. The van der Waals surface area contributed by atoms with Crippen molar-refractivity contribution in [2.24, 2.45) is 5.10 Å². The van der Waals surface area contributed by atoms with Crippen molar-refractivity contribution in [2.45, 2.75) is 13.5 Å². The molecule has 19 heavy (non-hydrogen) atoms. The molecule has 0 atom stereocenters. The standard InChI is InChI=1S/C9H12ClN5O3S/c1-2-13-5-18-6-14(9(13)12-15(16)17)4-7-3-11-8(10)19-7/h3H,2,4-6H2,1H3/b12-9+. The molecule has 0 spiro atoms. The second-order valence-electron chi connectivity index (χ2n) is 3.73. The first-order chi connectivity index (χ1) is 9.10. The Morgan fingerprint density at radius 1 is 1.63 bits per heavy atom. The minimum atomic E-state index is -0.698. The van der Waals surface area contributed by atoms with E-state index in [1.807, 2.05) is 6.92 Å². The van der Waals surface area contributed by atoms with Crippen molar-refractivity contribution >= 4 is 28.9 Å². The van der Waals surface area contributed by atoms with Crippen LogP contribution in [0.5, 0.6) is 0 Å². The molecule has 0 unspecified atom stereocenters. The highest BCUT2D eigenvalue weighted by atomic mass is 35.5. The maximum Gasteiger partial charge on any atom is 0.277 e. The van der Waals surface area contributed by atoms with E-state index in [4.69, 9.17) is 16.3 Å². The second-order valence-corrected chi connectivity index (χ2v) is 5.43. The Bertz CT molecular complexity index is 494. The average Bonchev–Trinajstić information content (AvgIpc) is 2.76. The van der Waals surface area contributed by atoms with E-state index in [1.165, 1.54) is 11.3 Å². The zero-order valence-corrected chi connectivity index (χ0v) is 11.7. The molecule has 0 aliphatic carbocycles. The van der Waals surface area contributed by atoms with Crippen LogP contribution in [0, 0.1) is 10.1 Å². The molecule has 1 aliphatic heterocycles. The molecule has 2 heterocycles. The van der Waals surface area contributed by atoms with Gasteiger partial charge in [-0.15, -0.1) is 11.3 Å². The summed E-state index contributed by atoms with van der Waals surface area (Å²) < 4.78 is 5.81. The predicted octanol–water partition coefficient (Wildman–Crippen LogP) is 1.41. The van der Waals surface area contributed by atoms with Gasteiger partial charge in [0, 0.05) is 17.6 Å². The fourth-order valence-electron chi connectivity index (χ4n) is 1.67. The van der Waals surface area contributed by atoms with Gasteiger partial charge in [-0.25, -0.2) is 15.1 Å². The monoisotopic (exact) mass is 305 g/mol. The zero-order chi connectivity index (χ0) is 13.8. The molecule has 0 bridgehead atoms. The summed E-state index contributed by atoms with van der Waals surface area (Å²) in [6, 6.07) is 0. The van der Waals surface area contributed by atoms with E-state index >= 15 is 0 Å². The van der Waals surface area contributed by atoms with Gasteiger partial charge in [-0.3, -0.25) is 0 Å². The summed E-state index contributed by atoms with van der Waals surface area (Å²) in [5, 5.41) is 13.4. The molecule has 10 heteroatoms. The summed E-state index contributed by atoms with van der Waals surface area (Å²) >= 11 is 7.09. The first-order valence-corrected chi connectivity index (χ1v) is 6.70. The Morgan fingerprint density at radius 3 is 2.95 bits per heavy atom. The van der Waals surface area contributed by atoms with Crippen LogP contribution in [0.25, 0.3) is 0 Å². The van der Waals surface area contributed by atoms with E-state index in [0.29, 0.717) is 30.2 Å². The number of nitro groups is 1. The number of ether oxygens (including phenoxy) is 1. The fourth-order valence-corrected chi connectivity index (χ4v) is 2.66. The van der Waals surface area contributed by atoms with Gasteiger partial charge in [0.05, 0.1) is 6.54 Å². The van der Waals surface area contributed by atoms with E-state index in [9.17, 15) is 10.1 Å². The molecule has 0 radical (unpaired) electrons. The van der Waals surface area contributed by atoms with Crippen LogP contribution in [0.2, 0.25) is 4.47 Å². The molecule has 1 aromatic rings. The summed E-state index contributed by atoms with van der Waals surface area (Å²) in [5.74, 6) is 0.295. The Kier molecular flexibility index (Phi) is 4.51. The van der Waals surface area contributed by atoms with Gasteiger partial charge in [0.2, 0.25) is 0 Å². The van der Waals surface area contributed by atoms with Gasteiger partial charge < -0.3 is 14.5 Å². The molecular weight excluding hydrogens is 294 g/mol. The van der Waals surface area contributed by atoms with E-state index in [-0.39, 0.29) is 6.73 Å². The van der Waals surface area contributed by atoms with Crippen molar-refractivity contribution in [1.29, 1.82) is 0 Å². The molecule has 1 saturated heterocycles. The fraction of sp³-hybridized carbons (Fsp3) is 0.556. The van der Waals surface area contributed by atoms with E-state index in [0.717, 1.165) is 4.88 Å². The molecule has 2 rings (SSSR count). The average molecular weight is 306 g/mol. The number of hydrogen-bond acceptors (Lipinski definition) is 5. The number of rotatable bonds is 4. The molecule has 0 saturated carbocycles. The lowest BCUT2D eigenvalue weighted by Gasteiger charge is -2.35. The van der Waals surface area contributed by atoms with Crippen LogP contribution in [0.3, 0.4) is 0 Å². The molecular formula is C9H12ClN5O3S. The van der Waals surface area contributed by atoms with E-state index < -0.39 is 5.03 Å². The normalized spacial score (nSPS) is 18.1. The Morgan fingerprint density at radius 2 is 2.37 bits per heavy atom. The highest BCUT2D eigenvalue weighted by Crippen LogP contribution is 2.21. The van der Waals surface area contributed by atoms with Gasteiger partial charge in [0.25, 0.3) is 5.96 Å². The van der Waals surface area contributed by atoms with Crippen LogP contribution < -0.4 is 0 Å². The van der Waals surface area contributed by atoms with E-state index in [2.05, 4.69) is 10.1 Å². The third-order valence-corrected chi connectivity index (χ3v) is 3.58. The number of thiazole rings is 1. The van der Waals surface area contributed by atoms with Crippen molar-refractivity contribution in [3.05, 3.63) is 25.7 Å². The number of guanidine groups is 1. The molecule has 8 nitrogen and oxygen atoms in total. The lowest BCUT2D eigenvalue weighted by molar-refractivity contribution is -0.486. The van der Waals surface area contributed by atoms with Crippen molar-refractivity contribution < 1.29 is 9.77 Å². The maximum atomic E-state index is 10.6. The van der Waals surface area contributed by atoms with Crippen molar-refractivity contribution in [1.82, 2.24) is 14.8 Å². The lowest BCUT2D eigenvalue weighted by Crippen LogP contribution is -2.51. The third kappa shape index (κ3) is 3.52. The quantitative estimate of drug-likeness (QED) is 0.618. The molecule has 0 amide bonds. The second kappa shape index (κ2) is 6.13. The summed E-state index contributed by atoms with van der Waals surface area (Å²) in [5.41, 5.74) is 0.